The summed E-state index contributed by atoms with van der Waals surface area (Å²) in [4.78, 5) is 4.63. The van der Waals surface area contributed by atoms with Crippen molar-refractivity contribution >= 4 is 41.6 Å². The van der Waals surface area contributed by atoms with E-state index < -0.39 is 8.07 Å². The van der Waals surface area contributed by atoms with E-state index in [1.165, 1.54) is 0 Å². The summed E-state index contributed by atoms with van der Waals surface area (Å²) in [5.74, 6) is 0.641. The highest BCUT2D eigenvalue weighted by molar-refractivity contribution is 14.1. The number of aryl methyl sites for hydroxylation is 1. The van der Waals surface area contributed by atoms with Gasteiger partial charge in [0.05, 0.1) is 35.8 Å². The minimum atomic E-state index is -1.11. The molecular formula is C19H28IN5O3Si. The number of hydrogen-bond donors (Lipinski definition) is 1. The van der Waals surface area contributed by atoms with Gasteiger partial charge in [-0.2, -0.15) is 10.2 Å². The van der Waals surface area contributed by atoms with E-state index in [4.69, 9.17) is 14.6 Å². The van der Waals surface area contributed by atoms with E-state index in [1.807, 2.05) is 24.0 Å². The molecule has 0 aromatic carbocycles. The van der Waals surface area contributed by atoms with Gasteiger partial charge in [0, 0.05) is 40.1 Å². The summed E-state index contributed by atoms with van der Waals surface area (Å²) in [6, 6.07) is 3.14. The molecule has 3 aromatic heterocycles. The molecule has 0 aliphatic rings. The lowest BCUT2D eigenvalue weighted by Gasteiger charge is -2.15. The van der Waals surface area contributed by atoms with Crippen molar-refractivity contribution in [2.45, 2.75) is 38.8 Å². The number of pyridine rings is 1. The van der Waals surface area contributed by atoms with Crippen molar-refractivity contribution in [2.75, 3.05) is 19.8 Å². The maximum Gasteiger partial charge on any atom is 0.221 e. The highest BCUT2D eigenvalue weighted by Crippen LogP contribution is 2.31. The number of aromatic nitrogens is 5. The zero-order valence-corrected chi connectivity index (χ0v) is 20.5. The second-order valence-corrected chi connectivity index (χ2v) is 14.8. The van der Waals surface area contributed by atoms with Crippen molar-refractivity contribution in [1.29, 1.82) is 0 Å². The van der Waals surface area contributed by atoms with E-state index in [-0.39, 0.29) is 6.61 Å². The Kier molecular flexibility index (Phi) is 7.30. The molecule has 0 fully saturated rings. The third-order valence-electron chi connectivity index (χ3n) is 4.50. The Balaban J connectivity index is 1.80. The van der Waals surface area contributed by atoms with Crippen LogP contribution in [0.2, 0.25) is 25.7 Å². The van der Waals surface area contributed by atoms with Gasteiger partial charge in [0.1, 0.15) is 10.4 Å². The Labute approximate surface area is 185 Å². The number of fused-ring (bicyclic) bond motifs is 1. The zero-order valence-electron chi connectivity index (χ0n) is 17.4. The molecule has 3 heterocycles. The van der Waals surface area contributed by atoms with Crippen LogP contribution in [-0.2, 0) is 18.5 Å². The first kappa shape index (κ1) is 22.2. The molecule has 0 aliphatic carbocycles. The predicted molar refractivity (Wildman–Crippen MR) is 124 cm³/mol. The number of aliphatic hydroxyl groups excluding tert-OH is 1. The van der Waals surface area contributed by atoms with Gasteiger partial charge >= 0.3 is 0 Å². The van der Waals surface area contributed by atoms with Crippen LogP contribution in [0.25, 0.3) is 22.2 Å². The third kappa shape index (κ3) is 5.56. The van der Waals surface area contributed by atoms with Crippen LogP contribution in [0.15, 0.2) is 18.5 Å². The molecule has 29 heavy (non-hydrogen) atoms. The van der Waals surface area contributed by atoms with Crippen molar-refractivity contribution in [1.82, 2.24) is 24.5 Å². The molecule has 0 amide bonds. The fourth-order valence-corrected chi connectivity index (χ4v) is 4.26. The fraction of sp³-hybridized carbons (Fsp3) is 0.526. The Morgan fingerprint density at radius 2 is 2.00 bits per heavy atom. The van der Waals surface area contributed by atoms with Crippen molar-refractivity contribution in [3.8, 4) is 17.1 Å². The lowest BCUT2D eigenvalue weighted by atomic mass is 10.2. The molecule has 0 atom stereocenters. The number of ether oxygens (including phenoxy) is 2. The second-order valence-electron chi connectivity index (χ2n) is 8.14. The van der Waals surface area contributed by atoms with Crippen molar-refractivity contribution in [3.63, 3.8) is 0 Å². The van der Waals surface area contributed by atoms with Crippen LogP contribution in [-0.4, -0.2) is 57.5 Å². The second kappa shape index (κ2) is 9.54. The first-order valence-corrected chi connectivity index (χ1v) is 14.4. The molecule has 0 spiro atoms. The van der Waals surface area contributed by atoms with Crippen LogP contribution >= 0.6 is 22.6 Å². The van der Waals surface area contributed by atoms with Crippen LogP contribution < -0.4 is 4.74 Å². The number of nitrogens with zero attached hydrogens (tertiary/aromatic N) is 5. The monoisotopic (exact) mass is 529 g/mol. The van der Waals surface area contributed by atoms with E-state index in [0.29, 0.717) is 25.6 Å². The van der Waals surface area contributed by atoms with Crippen molar-refractivity contribution in [2.24, 2.45) is 7.05 Å². The predicted octanol–water partition coefficient (Wildman–Crippen LogP) is 3.51. The highest BCUT2D eigenvalue weighted by Gasteiger charge is 2.17. The van der Waals surface area contributed by atoms with Crippen LogP contribution in [0.5, 0.6) is 5.88 Å². The molecule has 3 aromatic rings. The van der Waals surface area contributed by atoms with Gasteiger partial charge in [0.15, 0.2) is 0 Å². The average Bonchev–Trinajstić information content (AvgIpc) is 3.18. The quantitative estimate of drug-likeness (QED) is 0.246. The van der Waals surface area contributed by atoms with Crippen molar-refractivity contribution < 1.29 is 14.6 Å². The molecule has 158 valence electrons. The number of aliphatic hydroxyl groups is 1. The average molecular weight is 529 g/mol. The lowest BCUT2D eigenvalue weighted by molar-refractivity contribution is 0.0814. The Morgan fingerprint density at radius 1 is 1.21 bits per heavy atom. The van der Waals surface area contributed by atoms with E-state index in [9.17, 15) is 0 Å². The van der Waals surface area contributed by atoms with Crippen LogP contribution in [0, 0.1) is 3.70 Å². The normalized spacial score (nSPS) is 12.1. The molecule has 10 heteroatoms. The summed E-state index contributed by atoms with van der Waals surface area (Å²) < 4.78 is 16.1. The van der Waals surface area contributed by atoms with Gasteiger partial charge in [-0.15, -0.1) is 0 Å². The number of rotatable bonds is 10. The van der Waals surface area contributed by atoms with Crippen LogP contribution in [0.4, 0.5) is 0 Å². The van der Waals surface area contributed by atoms with Gasteiger partial charge in [-0.25, -0.2) is 9.36 Å². The maximum absolute atomic E-state index is 8.99. The summed E-state index contributed by atoms with van der Waals surface area (Å²) >= 11 is 2.24. The number of hydrogen-bond acceptors (Lipinski definition) is 6. The topological polar surface area (TPSA) is 87.2 Å². The summed E-state index contributed by atoms with van der Waals surface area (Å²) in [7, 11) is 0.723. The van der Waals surface area contributed by atoms with Gasteiger partial charge in [-0.05, 0) is 34.7 Å². The lowest BCUT2D eigenvalue weighted by Crippen LogP contribution is -2.22. The third-order valence-corrected chi connectivity index (χ3v) is 7.00. The first-order chi connectivity index (χ1) is 13.8. The fourth-order valence-electron chi connectivity index (χ4n) is 2.81. The smallest absolute Gasteiger partial charge is 0.221 e. The first-order valence-electron chi connectivity index (χ1n) is 9.66. The molecule has 0 bridgehead atoms. The van der Waals surface area contributed by atoms with Crippen LogP contribution in [0.3, 0.4) is 0 Å². The van der Waals surface area contributed by atoms with Gasteiger partial charge in [-0.1, -0.05) is 19.6 Å². The largest absolute Gasteiger partial charge is 0.477 e. The van der Waals surface area contributed by atoms with E-state index in [1.54, 1.807) is 10.9 Å². The van der Waals surface area contributed by atoms with Gasteiger partial charge in [0.2, 0.25) is 5.88 Å². The molecule has 0 radical (unpaired) electrons. The minimum Gasteiger partial charge on any atom is -0.477 e. The number of halogens is 1. The summed E-state index contributed by atoms with van der Waals surface area (Å²) in [6.07, 6.45) is 4.14. The molecule has 3 rings (SSSR count). The van der Waals surface area contributed by atoms with Gasteiger partial charge in [0.25, 0.3) is 0 Å². The molecule has 0 saturated carbocycles. The Hall–Kier alpha value is -1.50. The minimum absolute atomic E-state index is 0.0920. The van der Waals surface area contributed by atoms with Crippen LogP contribution in [0.1, 0.15) is 6.42 Å². The molecule has 0 saturated heterocycles. The zero-order chi connectivity index (χ0) is 21.0. The van der Waals surface area contributed by atoms with Gasteiger partial charge < -0.3 is 14.6 Å². The summed E-state index contributed by atoms with van der Waals surface area (Å²) in [6.45, 7) is 8.72. The summed E-state index contributed by atoms with van der Waals surface area (Å²) in [5, 5.41) is 18.9. The molecule has 8 nitrogen and oxygen atoms in total. The Morgan fingerprint density at radius 3 is 2.72 bits per heavy atom. The molecule has 1 N–H and O–H groups in total. The standard InChI is InChI=1S/C19H28IN5O3Si/c1-24-19(28-7-5-6-26)15(11-22-24)16-10-14-17(12-21-16)25(23-18(14)20)13-27-8-9-29(2,3)4/h10-12,26H,5-9,13H2,1-4H3. The molecule has 0 unspecified atom stereocenters. The van der Waals surface area contributed by atoms with E-state index in [2.05, 4.69) is 57.4 Å². The Bertz CT molecular complexity index is 967. The summed E-state index contributed by atoms with van der Waals surface area (Å²) in [5.41, 5.74) is 2.54. The van der Waals surface area contributed by atoms with Crippen molar-refractivity contribution in [3.05, 3.63) is 22.2 Å². The maximum atomic E-state index is 8.99. The molecular weight excluding hydrogens is 501 g/mol. The molecule has 0 aliphatic heterocycles. The van der Waals surface area contributed by atoms with Gasteiger partial charge in [-0.3, -0.25) is 4.98 Å². The highest BCUT2D eigenvalue weighted by atomic mass is 127. The van der Waals surface area contributed by atoms with E-state index in [0.717, 1.165) is 38.5 Å². The van der Waals surface area contributed by atoms with E-state index >= 15 is 0 Å². The SMILES string of the molecule is Cn1ncc(-c2cc3c(I)nn(COCC[Si](C)(C)C)c3cn2)c1OCCCO.